The average molecular weight is 273 g/mol. The van der Waals surface area contributed by atoms with Crippen LogP contribution in [0.2, 0.25) is 0 Å². The average Bonchev–Trinajstić information content (AvgIpc) is 2.69. The van der Waals surface area contributed by atoms with Gasteiger partial charge >= 0.3 is 0 Å². The summed E-state index contributed by atoms with van der Waals surface area (Å²) in [5.41, 5.74) is 9.60. The minimum Gasteiger partial charge on any atom is -0.333 e. The lowest BCUT2D eigenvalue weighted by Gasteiger charge is -2.59. The topological polar surface area (TPSA) is 43.8 Å². The van der Waals surface area contributed by atoms with Crippen LogP contribution in [0.5, 0.6) is 0 Å². The van der Waals surface area contributed by atoms with Gasteiger partial charge in [0, 0.05) is 18.3 Å². The first-order valence-electron chi connectivity index (χ1n) is 8.29. The van der Waals surface area contributed by atoms with Gasteiger partial charge in [0.25, 0.3) is 0 Å². The molecule has 2 N–H and O–H groups in total. The van der Waals surface area contributed by atoms with Crippen LogP contribution in [-0.4, -0.2) is 15.6 Å². The first-order chi connectivity index (χ1) is 9.56. The van der Waals surface area contributed by atoms with E-state index in [-0.39, 0.29) is 0 Å². The number of nitrogens with zero attached hydrogens (tertiary/aromatic N) is 2. The van der Waals surface area contributed by atoms with E-state index in [0.717, 1.165) is 30.0 Å². The third-order valence-corrected chi connectivity index (χ3v) is 6.61. The van der Waals surface area contributed by atoms with E-state index in [4.69, 9.17) is 5.73 Å². The van der Waals surface area contributed by atoms with Crippen LogP contribution in [0.25, 0.3) is 0 Å². The molecular weight excluding hydrogens is 246 g/mol. The van der Waals surface area contributed by atoms with Crippen LogP contribution in [-0.2, 0) is 6.54 Å². The van der Waals surface area contributed by atoms with Gasteiger partial charge in [0.2, 0.25) is 0 Å². The number of aryl methyl sites for hydroxylation is 1. The summed E-state index contributed by atoms with van der Waals surface area (Å²) in [5, 5.41) is 0. The summed E-state index contributed by atoms with van der Waals surface area (Å²) in [6.07, 6.45) is 10.7. The van der Waals surface area contributed by atoms with Crippen molar-refractivity contribution in [3.8, 4) is 0 Å². The van der Waals surface area contributed by atoms with Crippen LogP contribution in [0.4, 0.5) is 0 Å². The van der Waals surface area contributed by atoms with E-state index >= 15 is 0 Å². The van der Waals surface area contributed by atoms with Crippen molar-refractivity contribution >= 4 is 0 Å². The molecule has 1 aromatic rings. The highest BCUT2D eigenvalue weighted by molar-refractivity contribution is 5.10. The fourth-order valence-corrected chi connectivity index (χ4v) is 5.77. The molecule has 5 rings (SSSR count). The number of nitrogens with two attached hydrogens (primary N) is 1. The Bertz CT molecular complexity index is 481. The molecule has 0 radical (unpaired) electrons. The summed E-state index contributed by atoms with van der Waals surface area (Å²) in [4.78, 5) is 4.42. The Kier molecular flexibility index (Phi) is 2.79. The van der Waals surface area contributed by atoms with Crippen LogP contribution >= 0.6 is 0 Å². The SMILES string of the molecule is Cc1ncn(CC(N)C23CC4CC(CC(C4)C2)C3)c1C. The molecule has 4 fully saturated rings. The van der Waals surface area contributed by atoms with E-state index in [1.165, 1.54) is 44.2 Å². The van der Waals surface area contributed by atoms with Crippen LogP contribution in [0.1, 0.15) is 49.9 Å². The summed E-state index contributed by atoms with van der Waals surface area (Å²) in [5.74, 6) is 2.95. The molecule has 4 bridgehead atoms. The van der Waals surface area contributed by atoms with Crippen molar-refractivity contribution < 1.29 is 0 Å². The van der Waals surface area contributed by atoms with Gasteiger partial charge < -0.3 is 10.3 Å². The maximum atomic E-state index is 6.73. The largest absolute Gasteiger partial charge is 0.333 e. The van der Waals surface area contributed by atoms with Crippen molar-refractivity contribution in [1.29, 1.82) is 0 Å². The monoisotopic (exact) mass is 273 g/mol. The van der Waals surface area contributed by atoms with Gasteiger partial charge in [-0.1, -0.05) is 0 Å². The molecule has 0 spiro atoms. The van der Waals surface area contributed by atoms with Crippen molar-refractivity contribution in [3.63, 3.8) is 0 Å². The van der Waals surface area contributed by atoms with E-state index in [0.29, 0.717) is 11.5 Å². The summed E-state index contributed by atoms with van der Waals surface area (Å²) >= 11 is 0. The molecule has 1 heterocycles. The van der Waals surface area contributed by atoms with Gasteiger partial charge in [0.15, 0.2) is 0 Å². The third kappa shape index (κ3) is 1.86. The van der Waals surface area contributed by atoms with Crippen LogP contribution < -0.4 is 5.73 Å². The Morgan fingerprint density at radius 2 is 1.75 bits per heavy atom. The van der Waals surface area contributed by atoms with Crippen LogP contribution in [0.15, 0.2) is 6.33 Å². The summed E-state index contributed by atoms with van der Waals surface area (Å²) in [6.45, 7) is 5.20. The van der Waals surface area contributed by atoms with Crippen molar-refractivity contribution in [2.75, 3.05) is 0 Å². The first-order valence-corrected chi connectivity index (χ1v) is 8.29. The highest BCUT2D eigenvalue weighted by atomic mass is 15.1. The number of imidazole rings is 1. The molecule has 4 aliphatic rings. The molecule has 3 nitrogen and oxygen atoms in total. The standard InChI is InChI=1S/C17H27N3/c1-11-12(2)20(10-19-11)9-16(18)17-6-13-3-14(7-17)5-15(4-13)8-17/h10,13-16H,3-9,18H2,1-2H3. The Morgan fingerprint density at radius 3 is 2.20 bits per heavy atom. The van der Waals surface area contributed by atoms with Gasteiger partial charge in [-0.25, -0.2) is 4.98 Å². The fraction of sp³-hybridized carbons (Fsp3) is 0.824. The molecule has 0 amide bonds. The number of hydrogen-bond donors (Lipinski definition) is 1. The second-order valence-electron chi connectivity index (χ2n) is 7.95. The number of rotatable bonds is 3. The molecule has 1 aromatic heterocycles. The maximum Gasteiger partial charge on any atom is 0.0951 e. The minimum atomic E-state index is 0.309. The van der Waals surface area contributed by atoms with Crippen molar-refractivity contribution in [2.24, 2.45) is 28.9 Å². The van der Waals surface area contributed by atoms with Gasteiger partial charge in [0.1, 0.15) is 0 Å². The quantitative estimate of drug-likeness (QED) is 0.920. The van der Waals surface area contributed by atoms with Crippen LogP contribution in [0.3, 0.4) is 0 Å². The van der Waals surface area contributed by atoms with E-state index in [2.05, 4.69) is 23.4 Å². The molecule has 4 aliphatic carbocycles. The fourth-order valence-electron chi connectivity index (χ4n) is 5.77. The van der Waals surface area contributed by atoms with E-state index < -0.39 is 0 Å². The van der Waals surface area contributed by atoms with Crippen molar-refractivity contribution in [3.05, 3.63) is 17.7 Å². The number of hydrogen-bond acceptors (Lipinski definition) is 2. The predicted octanol–water partition coefficient (Wildman–Crippen LogP) is 3.04. The Morgan fingerprint density at radius 1 is 1.20 bits per heavy atom. The predicted molar refractivity (Wildman–Crippen MR) is 80.3 cm³/mol. The Labute approximate surface area is 122 Å². The Hall–Kier alpha value is -0.830. The molecule has 4 saturated carbocycles. The molecule has 1 unspecified atom stereocenters. The maximum absolute atomic E-state index is 6.73. The van der Waals surface area contributed by atoms with E-state index in [1.54, 1.807) is 0 Å². The Balaban J connectivity index is 1.56. The van der Waals surface area contributed by atoms with Gasteiger partial charge in [-0.3, -0.25) is 0 Å². The van der Waals surface area contributed by atoms with Crippen molar-refractivity contribution in [1.82, 2.24) is 9.55 Å². The zero-order chi connectivity index (χ0) is 13.9. The van der Waals surface area contributed by atoms with E-state index in [9.17, 15) is 0 Å². The summed E-state index contributed by atoms with van der Waals surface area (Å²) in [7, 11) is 0. The lowest BCUT2D eigenvalue weighted by molar-refractivity contribution is -0.0695. The van der Waals surface area contributed by atoms with Gasteiger partial charge in [-0.05, 0) is 75.5 Å². The zero-order valence-electron chi connectivity index (χ0n) is 12.8. The lowest BCUT2D eigenvalue weighted by Crippen LogP contribution is -2.55. The molecule has 110 valence electrons. The summed E-state index contributed by atoms with van der Waals surface area (Å²) in [6, 6.07) is 0.309. The highest BCUT2D eigenvalue weighted by Crippen LogP contribution is 2.61. The van der Waals surface area contributed by atoms with Gasteiger partial charge in [-0.15, -0.1) is 0 Å². The number of aromatic nitrogens is 2. The van der Waals surface area contributed by atoms with Crippen LogP contribution in [0, 0.1) is 37.0 Å². The minimum absolute atomic E-state index is 0.309. The van der Waals surface area contributed by atoms with Gasteiger partial charge in [0.05, 0.1) is 12.0 Å². The zero-order valence-corrected chi connectivity index (χ0v) is 12.8. The second kappa shape index (κ2) is 4.33. The molecule has 0 aliphatic heterocycles. The molecule has 3 heteroatoms. The first kappa shape index (κ1) is 12.9. The smallest absolute Gasteiger partial charge is 0.0951 e. The van der Waals surface area contributed by atoms with Crippen molar-refractivity contribution in [2.45, 2.75) is 65.0 Å². The van der Waals surface area contributed by atoms with Gasteiger partial charge in [-0.2, -0.15) is 0 Å². The molecule has 0 aromatic carbocycles. The normalized spacial score (nSPS) is 40.2. The lowest BCUT2D eigenvalue weighted by atomic mass is 9.48. The molecule has 1 atom stereocenters. The molecular formula is C17H27N3. The van der Waals surface area contributed by atoms with E-state index in [1.807, 2.05) is 6.33 Å². The second-order valence-corrected chi connectivity index (χ2v) is 7.95. The third-order valence-electron chi connectivity index (χ3n) is 6.61. The molecule has 20 heavy (non-hydrogen) atoms. The highest BCUT2D eigenvalue weighted by Gasteiger charge is 2.53. The molecule has 0 saturated heterocycles. The summed E-state index contributed by atoms with van der Waals surface area (Å²) < 4.78 is 2.28.